The lowest BCUT2D eigenvalue weighted by Gasteiger charge is -2.11. The number of hydrogen-bond acceptors (Lipinski definition) is 5. The van der Waals surface area contributed by atoms with Crippen molar-refractivity contribution in [3.05, 3.63) is 76.6 Å². The van der Waals surface area contributed by atoms with Crippen LogP contribution in [0.1, 0.15) is 37.7 Å². The van der Waals surface area contributed by atoms with E-state index in [1.807, 2.05) is 30.3 Å². The van der Waals surface area contributed by atoms with E-state index in [1.165, 1.54) is 7.11 Å². The number of ether oxygens (including phenoxy) is 1. The fraction of sp³-hybridized carbons (Fsp3) is 0.182. The summed E-state index contributed by atoms with van der Waals surface area (Å²) in [5.41, 5.74) is 3.32. The molecule has 0 unspecified atom stereocenters. The summed E-state index contributed by atoms with van der Waals surface area (Å²) < 4.78 is 6.38. The average Bonchev–Trinajstić information content (AvgIpc) is 3.03. The lowest BCUT2D eigenvalue weighted by atomic mass is 10.1. The van der Waals surface area contributed by atoms with Gasteiger partial charge in [0, 0.05) is 5.69 Å². The summed E-state index contributed by atoms with van der Waals surface area (Å²) in [6.45, 7) is 5.11. The first-order chi connectivity index (χ1) is 13.8. The molecule has 1 heterocycles. The third kappa shape index (κ3) is 3.80. The Morgan fingerprint density at radius 3 is 2.31 bits per heavy atom. The van der Waals surface area contributed by atoms with Gasteiger partial charge in [-0.2, -0.15) is 5.10 Å². The van der Waals surface area contributed by atoms with E-state index in [0.717, 1.165) is 5.69 Å². The van der Waals surface area contributed by atoms with Gasteiger partial charge < -0.3 is 10.1 Å². The molecule has 0 aliphatic carbocycles. The summed E-state index contributed by atoms with van der Waals surface area (Å²) >= 11 is 0. The van der Waals surface area contributed by atoms with Gasteiger partial charge >= 0.3 is 5.97 Å². The first-order valence-electron chi connectivity index (χ1n) is 9.00. The van der Waals surface area contributed by atoms with Crippen LogP contribution in [-0.2, 0) is 9.53 Å². The second-order valence-electron chi connectivity index (χ2n) is 6.55. The molecule has 1 N–H and O–H groups in total. The predicted molar refractivity (Wildman–Crippen MR) is 109 cm³/mol. The number of aryl methyl sites for hydroxylation is 1. The maximum atomic E-state index is 12.9. The number of carbonyl (C=O) groups is 3. The minimum Gasteiger partial charge on any atom is -0.465 e. The predicted octanol–water partition coefficient (Wildman–Crippen LogP) is 3.41. The molecule has 2 aromatic carbocycles. The van der Waals surface area contributed by atoms with Crippen molar-refractivity contribution in [2.24, 2.45) is 0 Å². The molecule has 1 aromatic heterocycles. The minimum absolute atomic E-state index is 0.258. The number of esters is 1. The van der Waals surface area contributed by atoms with Crippen LogP contribution in [0.3, 0.4) is 0 Å². The van der Waals surface area contributed by atoms with Crippen LogP contribution in [-0.4, -0.2) is 34.6 Å². The number of Topliss-reactive ketones (excluding diaryl/α,β-unsaturated/α-hetero) is 1. The molecule has 7 heteroatoms. The number of para-hydroxylation sites is 1. The second-order valence-corrected chi connectivity index (χ2v) is 6.55. The Labute approximate surface area is 168 Å². The lowest BCUT2D eigenvalue weighted by Crippen LogP contribution is -2.24. The van der Waals surface area contributed by atoms with Gasteiger partial charge in [0.15, 0.2) is 0 Å². The monoisotopic (exact) mass is 391 g/mol. The highest BCUT2D eigenvalue weighted by molar-refractivity contribution is 6.47. The van der Waals surface area contributed by atoms with Gasteiger partial charge in [-0.3, -0.25) is 9.59 Å². The smallest absolute Gasteiger partial charge is 0.338 e. The van der Waals surface area contributed by atoms with Gasteiger partial charge in [0.1, 0.15) is 0 Å². The van der Waals surface area contributed by atoms with Gasteiger partial charge in [-0.15, -0.1) is 0 Å². The number of nitrogens with one attached hydrogen (secondary N) is 1. The Morgan fingerprint density at radius 2 is 1.66 bits per heavy atom. The van der Waals surface area contributed by atoms with Gasteiger partial charge in [-0.05, 0) is 50.6 Å². The minimum atomic E-state index is -0.797. The van der Waals surface area contributed by atoms with E-state index in [4.69, 9.17) is 4.74 Å². The molecule has 0 fully saturated rings. The Kier molecular flexibility index (Phi) is 5.59. The van der Waals surface area contributed by atoms with Crippen LogP contribution < -0.4 is 5.32 Å². The van der Waals surface area contributed by atoms with Crippen molar-refractivity contribution < 1.29 is 19.1 Å². The van der Waals surface area contributed by atoms with Crippen LogP contribution in [0.15, 0.2) is 48.5 Å². The zero-order valence-electron chi connectivity index (χ0n) is 16.6. The van der Waals surface area contributed by atoms with Crippen molar-refractivity contribution >= 4 is 23.3 Å². The maximum Gasteiger partial charge on any atom is 0.338 e. The highest BCUT2D eigenvalue weighted by Crippen LogP contribution is 2.22. The molecule has 0 aliphatic heterocycles. The third-order valence-electron chi connectivity index (χ3n) is 4.71. The molecular weight excluding hydrogens is 370 g/mol. The van der Waals surface area contributed by atoms with Crippen molar-refractivity contribution in [1.29, 1.82) is 0 Å². The van der Waals surface area contributed by atoms with E-state index < -0.39 is 17.7 Å². The summed E-state index contributed by atoms with van der Waals surface area (Å²) in [6.07, 6.45) is 0. The summed E-state index contributed by atoms with van der Waals surface area (Å²) in [4.78, 5) is 37.4. The highest BCUT2D eigenvalue weighted by atomic mass is 16.5. The van der Waals surface area contributed by atoms with Gasteiger partial charge in [0.2, 0.25) is 0 Å². The molecule has 0 spiro atoms. The summed E-state index contributed by atoms with van der Waals surface area (Å²) in [5.74, 6) is -2.00. The molecule has 7 nitrogen and oxygen atoms in total. The molecule has 29 heavy (non-hydrogen) atoms. The fourth-order valence-electron chi connectivity index (χ4n) is 3.19. The number of methoxy groups -OCH3 is 1. The molecule has 0 atom stereocenters. The second kappa shape index (κ2) is 8.10. The number of anilines is 1. The lowest BCUT2D eigenvalue weighted by molar-refractivity contribution is -0.112. The zero-order valence-corrected chi connectivity index (χ0v) is 16.6. The standard InChI is InChI=1S/C22H21N3O4/c1-13-17(22(28)29-4)11-8-12-18(13)23-21(27)20(26)19-14(2)24-25(15(19)3)16-9-6-5-7-10-16/h5-12H,1-4H3,(H,23,27). The molecule has 148 valence electrons. The summed E-state index contributed by atoms with van der Waals surface area (Å²) in [7, 11) is 1.28. The number of hydrogen-bond donors (Lipinski definition) is 1. The van der Waals surface area contributed by atoms with Crippen molar-refractivity contribution in [3.8, 4) is 5.69 Å². The molecule has 0 bridgehead atoms. The van der Waals surface area contributed by atoms with Gasteiger partial charge in [-0.1, -0.05) is 24.3 Å². The van der Waals surface area contributed by atoms with Crippen LogP contribution in [0.4, 0.5) is 5.69 Å². The first kappa shape index (κ1) is 20.0. The molecule has 1 amide bonds. The van der Waals surface area contributed by atoms with Gasteiger partial charge in [0.05, 0.1) is 35.3 Å². The number of ketones is 1. The van der Waals surface area contributed by atoms with Crippen molar-refractivity contribution in [3.63, 3.8) is 0 Å². The maximum absolute atomic E-state index is 12.9. The van der Waals surface area contributed by atoms with Crippen LogP contribution in [0.2, 0.25) is 0 Å². The topological polar surface area (TPSA) is 90.3 Å². The fourth-order valence-corrected chi connectivity index (χ4v) is 3.19. The zero-order chi connectivity index (χ0) is 21.1. The Morgan fingerprint density at radius 1 is 0.966 bits per heavy atom. The SMILES string of the molecule is COC(=O)c1cccc(NC(=O)C(=O)c2c(C)nn(-c3ccccc3)c2C)c1C. The molecule has 0 aliphatic rings. The molecule has 3 rings (SSSR count). The Bertz CT molecular complexity index is 1100. The van der Waals surface area contributed by atoms with Crippen molar-refractivity contribution in [2.75, 3.05) is 12.4 Å². The number of aromatic nitrogens is 2. The summed E-state index contributed by atoms with van der Waals surface area (Å²) in [6, 6.07) is 14.2. The van der Waals surface area contributed by atoms with Crippen LogP contribution in [0.5, 0.6) is 0 Å². The van der Waals surface area contributed by atoms with E-state index in [9.17, 15) is 14.4 Å². The van der Waals surface area contributed by atoms with Crippen molar-refractivity contribution in [2.45, 2.75) is 20.8 Å². The number of amides is 1. The molecule has 3 aromatic rings. The van der Waals surface area contributed by atoms with E-state index in [2.05, 4.69) is 10.4 Å². The van der Waals surface area contributed by atoms with E-state index in [0.29, 0.717) is 28.2 Å². The van der Waals surface area contributed by atoms with Crippen molar-refractivity contribution in [1.82, 2.24) is 9.78 Å². The molecular formula is C22H21N3O4. The van der Waals surface area contributed by atoms with Crippen LogP contribution in [0.25, 0.3) is 5.69 Å². The molecule has 0 saturated heterocycles. The largest absolute Gasteiger partial charge is 0.465 e. The van der Waals surface area contributed by atoms with E-state index in [1.54, 1.807) is 43.7 Å². The van der Waals surface area contributed by atoms with Crippen LogP contribution in [0, 0.1) is 20.8 Å². The Hall–Kier alpha value is -3.74. The number of nitrogens with zero attached hydrogens (tertiary/aromatic N) is 2. The number of benzene rings is 2. The Balaban J connectivity index is 1.90. The first-order valence-corrected chi connectivity index (χ1v) is 9.00. The van der Waals surface area contributed by atoms with E-state index in [-0.39, 0.29) is 5.56 Å². The van der Waals surface area contributed by atoms with Gasteiger partial charge in [0.25, 0.3) is 11.7 Å². The summed E-state index contributed by atoms with van der Waals surface area (Å²) in [5, 5.41) is 7.01. The van der Waals surface area contributed by atoms with Gasteiger partial charge in [-0.25, -0.2) is 9.48 Å². The number of carbonyl (C=O) groups excluding carboxylic acids is 3. The molecule has 0 saturated carbocycles. The quantitative estimate of drug-likeness (QED) is 0.409. The normalized spacial score (nSPS) is 10.5. The molecule has 0 radical (unpaired) electrons. The highest BCUT2D eigenvalue weighted by Gasteiger charge is 2.26. The number of rotatable bonds is 5. The third-order valence-corrected chi connectivity index (χ3v) is 4.71. The van der Waals surface area contributed by atoms with Crippen LogP contribution >= 0.6 is 0 Å². The van der Waals surface area contributed by atoms with E-state index >= 15 is 0 Å². The average molecular weight is 391 g/mol.